The van der Waals surface area contributed by atoms with Crippen molar-refractivity contribution in [2.45, 2.75) is 13.0 Å². The summed E-state index contributed by atoms with van der Waals surface area (Å²) in [6, 6.07) is 21.1. The summed E-state index contributed by atoms with van der Waals surface area (Å²) in [6.45, 7) is 6.75. The first-order valence-corrected chi connectivity index (χ1v) is 9.09. The predicted molar refractivity (Wildman–Crippen MR) is 84.6 cm³/mol. The van der Waals surface area contributed by atoms with Gasteiger partial charge in [0.15, 0.2) is 0 Å². The summed E-state index contributed by atoms with van der Waals surface area (Å²) in [5.74, 6) is 0. The van der Waals surface area contributed by atoms with E-state index in [2.05, 4.69) is 61.7 Å². The van der Waals surface area contributed by atoms with E-state index < -0.39 is 8.07 Å². The van der Waals surface area contributed by atoms with Gasteiger partial charge in [0.25, 0.3) is 0 Å². The average molecular weight is 268 g/mol. The first-order chi connectivity index (χ1) is 9.19. The lowest BCUT2D eigenvalue weighted by atomic mass is 10.4. The zero-order chi connectivity index (χ0) is 13.7. The number of rotatable bonds is 5. The summed E-state index contributed by atoms with van der Waals surface area (Å²) in [5, 5.41) is 13.1. The molecule has 0 aliphatic carbocycles. The van der Waals surface area contributed by atoms with Gasteiger partial charge < -0.3 is 5.11 Å². The van der Waals surface area contributed by atoms with Gasteiger partial charge in [0.2, 0.25) is 0 Å². The molecule has 1 nitrogen and oxygen atoms in total. The van der Waals surface area contributed by atoms with E-state index in [4.69, 9.17) is 0 Å². The van der Waals surface area contributed by atoms with E-state index in [0.717, 1.165) is 0 Å². The van der Waals surface area contributed by atoms with Crippen LogP contribution in [0.2, 0.25) is 6.55 Å². The molecular formula is C17H20OSi. The Morgan fingerprint density at radius 1 is 0.947 bits per heavy atom. The van der Waals surface area contributed by atoms with Crippen LogP contribution in [0.15, 0.2) is 72.4 Å². The number of aliphatic hydroxyl groups is 1. The summed E-state index contributed by atoms with van der Waals surface area (Å²) in [5.41, 5.74) is 0. The average Bonchev–Trinajstić information content (AvgIpc) is 2.48. The molecule has 0 aromatic heterocycles. The second kappa shape index (κ2) is 6.00. The van der Waals surface area contributed by atoms with Gasteiger partial charge in [-0.25, -0.2) is 0 Å². The third-order valence-electron chi connectivity index (χ3n) is 3.82. The first-order valence-electron chi connectivity index (χ1n) is 6.59. The summed E-state index contributed by atoms with van der Waals surface area (Å²) in [6.07, 6.45) is 0.673. The molecule has 0 unspecified atom stereocenters. The van der Waals surface area contributed by atoms with Crippen molar-refractivity contribution in [2.24, 2.45) is 0 Å². The van der Waals surface area contributed by atoms with Crippen molar-refractivity contribution in [3.8, 4) is 0 Å². The van der Waals surface area contributed by atoms with Crippen molar-refractivity contribution in [2.75, 3.05) is 6.61 Å². The molecule has 0 saturated carbocycles. The van der Waals surface area contributed by atoms with Gasteiger partial charge in [-0.2, -0.15) is 0 Å². The zero-order valence-electron chi connectivity index (χ0n) is 11.3. The van der Waals surface area contributed by atoms with Gasteiger partial charge in [-0.05, 0) is 16.8 Å². The fourth-order valence-electron chi connectivity index (χ4n) is 2.50. The monoisotopic (exact) mass is 268 g/mol. The van der Waals surface area contributed by atoms with E-state index in [9.17, 15) is 5.11 Å². The van der Waals surface area contributed by atoms with E-state index in [1.165, 1.54) is 15.6 Å². The van der Waals surface area contributed by atoms with Crippen molar-refractivity contribution in [1.82, 2.24) is 0 Å². The van der Waals surface area contributed by atoms with Gasteiger partial charge in [0.1, 0.15) is 8.07 Å². The second-order valence-electron chi connectivity index (χ2n) is 4.93. The number of hydrogen-bond donors (Lipinski definition) is 1. The lowest BCUT2D eigenvalue weighted by molar-refractivity contribution is 0.301. The predicted octanol–water partition coefficient (Wildman–Crippen LogP) is 2.36. The minimum absolute atomic E-state index is 0.168. The smallest absolute Gasteiger partial charge is 0.140 e. The Morgan fingerprint density at radius 2 is 1.37 bits per heavy atom. The minimum atomic E-state index is -1.98. The summed E-state index contributed by atoms with van der Waals surface area (Å²) in [7, 11) is -1.98. The number of hydrogen-bond acceptors (Lipinski definition) is 1. The van der Waals surface area contributed by atoms with E-state index in [1.807, 2.05) is 12.1 Å². The van der Waals surface area contributed by atoms with Gasteiger partial charge in [0, 0.05) is 6.61 Å². The van der Waals surface area contributed by atoms with E-state index in [1.54, 1.807) is 0 Å². The van der Waals surface area contributed by atoms with Crippen molar-refractivity contribution >= 4 is 18.4 Å². The topological polar surface area (TPSA) is 20.2 Å². The molecule has 2 aromatic carbocycles. The maximum atomic E-state index is 9.26. The molecular weight excluding hydrogens is 248 g/mol. The molecule has 19 heavy (non-hydrogen) atoms. The van der Waals surface area contributed by atoms with E-state index >= 15 is 0 Å². The van der Waals surface area contributed by atoms with Crippen molar-refractivity contribution in [3.05, 3.63) is 72.4 Å². The maximum absolute atomic E-state index is 9.26. The SMILES string of the molecule is C=C(CCO)[Si](C)(c1ccccc1)c1ccccc1. The largest absolute Gasteiger partial charge is 0.396 e. The van der Waals surface area contributed by atoms with Gasteiger partial charge >= 0.3 is 0 Å². The molecule has 0 fully saturated rings. The first kappa shape index (κ1) is 13.8. The fraction of sp³-hybridized carbons (Fsp3) is 0.176. The second-order valence-corrected chi connectivity index (χ2v) is 9.05. The van der Waals surface area contributed by atoms with Crippen LogP contribution in [0.1, 0.15) is 6.42 Å². The standard InChI is InChI=1S/C17H20OSi/c1-15(13-14-18)19(2,16-9-5-3-6-10-16)17-11-7-4-8-12-17/h3-12,18H,1,13-14H2,2H3. The number of benzene rings is 2. The fourth-order valence-corrected chi connectivity index (χ4v) is 5.98. The van der Waals surface area contributed by atoms with Crippen LogP contribution in [0.4, 0.5) is 0 Å². The van der Waals surface area contributed by atoms with Gasteiger partial charge in [-0.1, -0.05) is 72.4 Å². The molecule has 0 amide bonds. The van der Waals surface area contributed by atoms with Crippen LogP contribution in [0.5, 0.6) is 0 Å². The molecule has 0 aliphatic rings. The van der Waals surface area contributed by atoms with Crippen LogP contribution in [0.3, 0.4) is 0 Å². The highest BCUT2D eigenvalue weighted by molar-refractivity contribution is 7.06. The third-order valence-corrected chi connectivity index (χ3v) is 8.46. The highest BCUT2D eigenvalue weighted by Gasteiger charge is 2.34. The van der Waals surface area contributed by atoms with Crippen LogP contribution in [-0.2, 0) is 0 Å². The lowest BCUT2D eigenvalue weighted by Crippen LogP contribution is -2.57. The normalized spacial score (nSPS) is 11.3. The molecule has 0 radical (unpaired) electrons. The minimum Gasteiger partial charge on any atom is -0.396 e. The molecule has 0 aliphatic heterocycles. The zero-order valence-corrected chi connectivity index (χ0v) is 12.3. The molecule has 2 aromatic rings. The molecule has 0 spiro atoms. The molecule has 2 heteroatoms. The maximum Gasteiger partial charge on any atom is 0.140 e. The van der Waals surface area contributed by atoms with Crippen LogP contribution in [0, 0.1) is 0 Å². The molecule has 0 heterocycles. The quantitative estimate of drug-likeness (QED) is 0.825. The molecule has 1 N–H and O–H groups in total. The van der Waals surface area contributed by atoms with Gasteiger partial charge in [-0.15, -0.1) is 6.58 Å². The summed E-state index contributed by atoms with van der Waals surface area (Å²) < 4.78 is 0. The van der Waals surface area contributed by atoms with Crippen molar-refractivity contribution in [1.29, 1.82) is 0 Å². The summed E-state index contributed by atoms with van der Waals surface area (Å²) in [4.78, 5) is 0. The number of aliphatic hydroxyl groups excluding tert-OH is 1. The van der Waals surface area contributed by atoms with Gasteiger partial charge in [-0.3, -0.25) is 0 Å². The van der Waals surface area contributed by atoms with E-state index in [0.29, 0.717) is 6.42 Å². The summed E-state index contributed by atoms with van der Waals surface area (Å²) >= 11 is 0. The van der Waals surface area contributed by atoms with Crippen LogP contribution >= 0.6 is 0 Å². The van der Waals surface area contributed by atoms with Crippen LogP contribution in [0.25, 0.3) is 0 Å². The van der Waals surface area contributed by atoms with Crippen LogP contribution in [-0.4, -0.2) is 19.8 Å². The molecule has 0 saturated heterocycles. The Kier molecular flexibility index (Phi) is 4.35. The van der Waals surface area contributed by atoms with Crippen molar-refractivity contribution in [3.63, 3.8) is 0 Å². The van der Waals surface area contributed by atoms with Crippen LogP contribution < -0.4 is 10.4 Å². The Labute approximate surface area is 116 Å². The van der Waals surface area contributed by atoms with E-state index in [-0.39, 0.29) is 6.61 Å². The Bertz CT molecular complexity index is 494. The molecule has 0 bridgehead atoms. The van der Waals surface area contributed by atoms with Gasteiger partial charge in [0.05, 0.1) is 0 Å². The highest BCUT2D eigenvalue weighted by atomic mass is 28.3. The Balaban J connectivity index is 2.54. The highest BCUT2D eigenvalue weighted by Crippen LogP contribution is 2.17. The lowest BCUT2D eigenvalue weighted by Gasteiger charge is -2.31. The molecule has 98 valence electrons. The Morgan fingerprint density at radius 3 is 1.74 bits per heavy atom. The van der Waals surface area contributed by atoms with Crippen molar-refractivity contribution < 1.29 is 5.11 Å². The third kappa shape index (κ3) is 2.70. The molecule has 2 rings (SSSR count). The molecule has 0 atom stereocenters. The Hall–Kier alpha value is -1.64.